The van der Waals surface area contributed by atoms with Gasteiger partial charge in [0, 0.05) is 21.4 Å². The van der Waals surface area contributed by atoms with E-state index in [-0.39, 0.29) is 21.8 Å². The summed E-state index contributed by atoms with van der Waals surface area (Å²) in [5.74, 6) is -1.19. The molecule has 1 aromatic heterocycles. The lowest BCUT2D eigenvalue weighted by atomic mass is 10.2. The van der Waals surface area contributed by atoms with E-state index in [1.165, 1.54) is 13.8 Å². The van der Waals surface area contributed by atoms with E-state index in [1.807, 2.05) is 0 Å². The Morgan fingerprint density at radius 1 is 1.33 bits per heavy atom. The summed E-state index contributed by atoms with van der Waals surface area (Å²) < 4.78 is 28.1. The van der Waals surface area contributed by atoms with Crippen LogP contribution in [0.5, 0.6) is 0 Å². The van der Waals surface area contributed by atoms with E-state index < -0.39 is 16.0 Å². The molecule has 2 rings (SSSR count). The third-order valence-electron chi connectivity index (χ3n) is 2.93. The number of H-pyrrole nitrogens is 1. The Morgan fingerprint density at radius 3 is 2.52 bits per heavy atom. The average Bonchev–Trinajstić information content (AvgIpc) is 2.64. The van der Waals surface area contributed by atoms with Crippen molar-refractivity contribution >= 4 is 37.6 Å². The van der Waals surface area contributed by atoms with Gasteiger partial charge in [-0.3, -0.25) is 4.72 Å². The number of carboxylic acid groups (broad SMARTS) is 1. The minimum Gasteiger partial charge on any atom is -0.477 e. The number of benzene rings is 1. The van der Waals surface area contributed by atoms with E-state index >= 15 is 0 Å². The van der Waals surface area contributed by atoms with Crippen molar-refractivity contribution in [3.63, 3.8) is 0 Å². The molecule has 0 aliphatic rings. The fourth-order valence-corrected chi connectivity index (χ4v) is 4.01. The smallest absolute Gasteiger partial charge is 0.352 e. The Morgan fingerprint density at radius 2 is 2.00 bits per heavy atom. The van der Waals surface area contributed by atoms with Gasteiger partial charge in [0.2, 0.25) is 0 Å². The van der Waals surface area contributed by atoms with Crippen molar-refractivity contribution in [3.8, 4) is 0 Å². The summed E-state index contributed by atoms with van der Waals surface area (Å²) in [6.07, 6.45) is 0. The highest BCUT2D eigenvalue weighted by Crippen LogP contribution is 2.26. The summed E-state index contributed by atoms with van der Waals surface area (Å²) in [5, 5.41) is 9.04. The molecule has 1 heterocycles. The highest BCUT2D eigenvalue weighted by Gasteiger charge is 2.26. The first-order chi connectivity index (χ1) is 9.72. The van der Waals surface area contributed by atoms with Gasteiger partial charge in [0.25, 0.3) is 10.0 Å². The number of aromatic amines is 1. The highest BCUT2D eigenvalue weighted by atomic mass is 79.9. The van der Waals surface area contributed by atoms with Crippen molar-refractivity contribution in [2.24, 2.45) is 0 Å². The molecule has 0 atom stereocenters. The Bertz CT molecular complexity index is 812. The van der Waals surface area contributed by atoms with E-state index in [9.17, 15) is 13.2 Å². The molecule has 8 heteroatoms. The molecule has 0 fully saturated rings. The largest absolute Gasteiger partial charge is 0.477 e. The number of hydrogen-bond acceptors (Lipinski definition) is 3. The van der Waals surface area contributed by atoms with Crippen LogP contribution in [0.4, 0.5) is 5.69 Å². The van der Waals surface area contributed by atoms with E-state index in [4.69, 9.17) is 5.11 Å². The number of aromatic carboxylic acids is 1. The maximum Gasteiger partial charge on any atom is 0.352 e. The maximum atomic E-state index is 12.5. The van der Waals surface area contributed by atoms with E-state index in [0.717, 1.165) is 4.47 Å². The number of halogens is 1. The van der Waals surface area contributed by atoms with Crippen molar-refractivity contribution in [1.29, 1.82) is 0 Å². The predicted octanol–water partition coefficient (Wildman–Crippen LogP) is 2.89. The molecule has 0 bridgehead atoms. The minimum absolute atomic E-state index is 0.0418. The molecular formula is C13H13BrN2O4S. The van der Waals surface area contributed by atoms with Crippen molar-refractivity contribution in [2.75, 3.05) is 4.72 Å². The second kappa shape index (κ2) is 5.53. The molecule has 0 spiro atoms. The lowest BCUT2D eigenvalue weighted by Gasteiger charge is -2.09. The zero-order valence-corrected chi connectivity index (χ0v) is 13.7. The molecule has 21 heavy (non-hydrogen) atoms. The monoisotopic (exact) mass is 372 g/mol. The summed E-state index contributed by atoms with van der Waals surface area (Å²) in [4.78, 5) is 13.6. The van der Waals surface area contributed by atoms with Gasteiger partial charge in [-0.25, -0.2) is 13.2 Å². The predicted molar refractivity (Wildman–Crippen MR) is 82.2 cm³/mol. The highest BCUT2D eigenvalue weighted by molar-refractivity contribution is 9.10. The molecule has 6 nitrogen and oxygen atoms in total. The number of hydrogen-bond donors (Lipinski definition) is 3. The molecule has 0 amide bonds. The van der Waals surface area contributed by atoms with Crippen LogP contribution >= 0.6 is 15.9 Å². The van der Waals surface area contributed by atoms with Gasteiger partial charge in [0.05, 0.1) is 0 Å². The normalized spacial score (nSPS) is 11.4. The molecule has 1 aromatic carbocycles. The summed E-state index contributed by atoms with van der Waals surface area (Å²) in [7, 11) is -3.87. The van der Waals surface area contributed by atoms with Crippen LogP contribution in [-0.2, 0) is 10.0 Å². The minimum atomic E-state index is -3.87. The van der Waals surface area contributed by atoms with Crippen LogP contribution < -0.4 is 4.72 Å². The first-order valence-corrected chi connectivity index (χ1v) is 8.21. The molecule has 0 radical (unpaired) electrons. The Hall–Kier alpha value is -1.80. The summed E-state index contributed by atoms with van der Waals surface area (Å²) in [6.45, 7) is 2.98. The average molecular weight is 373 g/mol. The van der Waals surface area contributed by atoms with Gasteiger partial charge < -0.3 is 10.1 Å². The van der Waals surface area contributed by atoms with E-state index in [1.54, 1.807) is 24.3 Å². The van der Waals surface area contributed by atoms with Gasteiger partial charge in [-0.05, 0) is 32.0 Å². The number of sulfonamides is 1. The maximum absolute atomic E-state index is 12.5. The van der Waals surface area contributed by atoms with Crippen molar-refractivity contribution in [3.05, 3.63) is 45.7 Å². The lowest BCUT2D eigenvalue weighted by Crippen LogP contribution is -2.14. The number of aromatic nitrogens is 1. The van der Waals surface area contributed by atoms with Crippen LogP contribution in [0.3, 0.4) is 0 Å². The standard InChI is InChI=1S/C13H13BrN2O4S/c1-7-11(13(17)18)15-8(2)12(7)21(19,20)16-10-5-3-4-9(14)6-10/h3-6,15-16H,1-2H3,(H,17,18). The zero-order chi connectivity index (χ0) is 15.8. The molecule has 0 saturated carbocycles. The second-order valence-electron chi connectivity index (χ2n) is 4.50. The Labute approximate surface area is 130 Å². The van der Waals surface area contributed by atoms with Crippen LogP contribution in [0.25, 0.3) is 0 Å². The van der Waals surface area contributed by atoms with Crippen LogP contribution in [0, 0.1) is 13.8 Å². The van der Waals surface area contributed by atoms with Crippen molar-refractivity contribution < 1.29 is 18.3 Å². The van der Waals surface area contributed by atoms with Crippen LogP contribution in [0.1, 0.15) is 21.7 Å². The molecule has 2 aromatic rings. The van der Waals surface area contributed by atoms with E-state index in [0.29, 0.717) is 5.69 Å². The molecule has 0 aliphatic carbocycles. The zero-order valence-electron chi connectivity index (χ0n) is 11.3. The topological polar surface area (TPSA) is 99.3 Å². The summed E-state index contributed by atoms with van der Waals surface area (Å²) in [6, 6.07) is 6.69. The fraction of sp³-hybridized carbons (Fsp3) is 0.154. The number of rotatable bonds is 4. The summed E-state index contributed by atoms with van der Waals surface area (Å²) >= 11 is 3.26. The quantitative estimate of drug-likeness (QED) is 0.767. The Kier molecular flexibility index (Phi) is 4.11. The molecule has 0 saturated heterocycles. The van der Waals surface area contributed by atoms with Crippen molar-refractivity contribution in [2.45, 2.75) is 18.7 Å². The SMILES string of the molecule is Cc1[nH]c(C(=O)O)c(C)c1S(=O)(=O)Nc1cccc(Br)c1. The fourth-order valence-electron chi connectivity index (χ4n) is 2.11. The first kappa shape index (κ1) is 15.6. The second-order valence-corrected chi connectivity index (χ2v) is 7.04. The van der Waals surface area contributed by atoms with Crippen LogP contribution in [0.15, 0.2) is 33.6 Å². The van der Waals surface area contributed by atoms with Crippen molar-refractivity contribution in [1.82, 2.24) is 4.98 Å². The van der Waals surface area contributed by atoms with E-state index in [2.05, 4.69) is 25.6 Å². The first-order valence-electron chi connectivity index (χ1n) is 5.93. The van der Waals surface area contributed by atoms with Gasteiger partial charge in [-0.15, -0.1) is 0 Å². The molecule has 0 unspecified atom stereocenters. The number of carbonyl (C=O) groups is 1. The van der Waals surface area contributed by atoms with Crippen LogP contribution in [-0.4, -0.2) is 24.5 Å². The summed E-state index contributed by atoms with van der Waals surface area (Å²) in [5.41, 5.74) is 0.735. The van der Waals surface area contributed by atoms with Gasteiger partial charge in [-0.2, -0.15) is 0 Å². The molecule has 112 valence electrons. The lowest BCUT2D eigenvalue weighted by molar-refractivity contribution is 0.0690. The van der Waals surface area contributed by atoms with Gasteiger partial charge >= 0.3 is 5.97 Å². The van der Waals surface area contributed by atoms with Gasteiger partial charge in [0.15, 0.2) is 0 Å². The number of nitrogens with one attached hydrogen (secondary N) is 2. The third-order valence-corrected chi connectivity index (χ3v) is 5.08. The number of anilines is 1. The number of aryl methyl sites for hydroxylation is 1. The Balaban J connectivity index is 2.48. The number of carboxylic acids is 1. The third kappa shape index (κ3) is 3.11. The molecular weight excluding hydrogens is 360 g/mol. The van der Waals surface area contributed by atoms with Gasteiger partial charge in [-0.1, -0.05) is 22.0 Å². The molecule has 0 aliphatic heterocycles. The van der Waals surface area contributed by atoms with Crippen LogP contribution in [0.2, 0.25) is 0 Å². The molecule has 3 N–H and O–H groups in total. The van der Waals surface area contributed by atoms with Gasteiger partial charge in [0.1, 0.15) is 10.6 Å².